The van der Waals surface area contributed by atoms with E-state index in [-0.39, 0.29) is 17.9 Å². The summed E-state index contributed by atoms with van der Waals surface area (Å²) in [5.74, 6) is 0.109. The molecule has 0 radical (unpaired) electrons. The van der Waals surface area contributed by atoms with Crippen LogP contribution in [0.4, 0.5) is 0 Å². The van der Waals surface area contributed by atoms with Gasteiger partial charge in [0.05, 0.1) is 23.6 Å². The number of hydrogen-bond donors (Lipinski definition) is 2. The number of carbonyl (C=O) groups excluding carboxylic acids is 2. The fraction of sp³-hybridized carbons (Fsp3) is 0.278. The molecule has 0 aliphatic carbocycles. The molecule has 0 spiro atoms. The zero-order valence-corrected chi connectivity index (χ0v) is 13.6. The van der Waals surface area contributed by atoms with Crippen molar-refractivity contribution in [2.75, 3.05) is 13.1 Å². The third-order valence-electron chi connectivity index (χ3n) is 4.53. The number of hydrogen-bond acceptors (Lipinski definition) is 4. The Balaban J connectivity index is 1.36. The quantitative estimate of drug-likeness (QED) is 0.766. The van der Waals surface area contributed by atoms with Gasteiger partial charge in [-0.2, -0.15) is 0 Å². The van der Waals surface area contributed by atoms with Crippen LogP contribution in [0.5, 0.6) is 0 Å². The highest BCUT2D eigenvalue weighted by atomic mass is 16.3. The van der Waals surface area contributed by atoms with Crippen LogP contribution in [0, 0.1) is 0 Å². The smallest absolute Gasteiger partial charge is 0.287 e. The van der Waals surface area contributed by atoms with Crippen LogP contribution in [0.25, 0.3) is 11.0 Å². The van der Waals surface area contributed by atoms with Crippen molar-refractivity contribution >= 4 is 22.8 Å². The third kappa shape index (κ3) is 3.13. The molecule has 0 saturated carbocycles. The van der Waals surface area contributed by atoms with Crippen LogP contribution in [-0.4, -0.2) is 45.8 Å². The maximum absolute atomic E-state index is 12.7. The van der Waals surface area contributed by atoms with Crippen LogP contribution < -0.4 is 5.32 Å². The number of benzene rings is 1. The first-order valence-corrected chi connectivity index (χ1v) is 8.27. The van der Waals surface area contributed by atoms with Crippen molar-refractivity contribution in [2.24, 2.45) is 0 Å². The minimum Gasteiger partial charge on any atom is -0.459 e. The summed E-state index contributed by atoms with van der Waals surface area (Å²) >= 11 is 0. The fourth-order valence-electron chi connectivity index (χ4n) is 3.14. The minimum absolute atomic E-state index is 0.00677. The fourth-order valence-corrected chi connectivity index (χ4v) is 3.14. The van der Waals surface area contributed by atoms with Crippen molar-refractivity contribution in [3.05, 3.63) is 54.2 Å². The Kier molecular flexibility index (Phi) is 3.97. The van der Waals surface area contributed by atoms with Gasteiger partial charge in [0, 0.05) is 24.7 Å². The molecule has 1 fully saturated rings. The summed E-state index contributed by atoms with van der Waals surface area (Å²) in [4.78, 5) is 33.7. The second kappa shape index (κ2) is 6.43. The average molecular weight is 338 g/mol. The van der Waals surface area contributed by atoms with E-state index in [0.29, 0.717) is 24.4 Å². The third-order valence-corrected chi connectivity index (χ3v) is 4.53. The highest BCUT2D eigenvalue weighted by Gasteiger charge is 2.25. The number of amides is 2. The first-order valence-electron chi connectivity index (χ1n) is 8.27. The second-order valence-electron chi connectivity index (χ2n) is 6.15. The van der Waals surface area contributed by atoms with E-state index in [9.17, 15) is 9.59 Å². The van der Waals surface area contributed by atoms with E-state index in [2.05, 4.69) is 15.3 Å². The molecule has 2 amide bonds. The van der Waals surface area contributed by atoms with Crippen LogP contribution in [-0.2, 0) is 0 Å². The van der Waals surface area contributed by atoms with Crippen molar-refractivity contribution < 1.29 is 14.0 Å². The Morgan fingerprint density at radius 2 is 2.08 bits per heavy atom. The molecule has 3 aromatic rings. The molecule has 1 saturated heterocycles. The van der Waals surface area contributed by atoms with Gasteiger partial charge in [-0.15, -0.1) is 0 Å². The Hall–Kier alpha value is -3.09. The number of fused-ring (bicyclic) bond motifs is 1. The van der Waals surface area contributed by atoms with Crippen LogP contribution in [0.3, 0.4) is 0 Å². The maximum atomic E-state index is 12.7. The van der Waals surface area contributed by atoms with Crippen molar-refractivity contribution in [1.29, 1.82) is 0 Å². The number of H-pyrrole nitrogens is 1. The van der Waals surface area contributed by atoms with Gasteiger partial charge in [0.1, 0.15) is 0 Å². The molecule has 2 aromatic heterocycles. The van der Waals surface area contributed by atoms with Gasteiger partial charge in [-0.1, -0.05) is 0 Å². The molecule has 2 N–H and O–H groups in total. The first kappa shape index (κ1) is 15.4. The Morgan fingerprint density at radius 3 is 2.84 bits per heavy atom. The van der Waals surface area contributed by atoms with Gasteiger partial charge in [-0.05, 0) is 43.2 Å². The van der Waals surface area contributed by atoms with Crippen molar-refractivity contribution in [3.8, 4) is 0 Å². The van der Waals surface area contributed by atoms with Crippen LogP contribution in [0.1, 0.15) is 33.8 Å². The van der Waals surface area contributed by atoms with E-state index in [4.69, 9.17) is 4.42 Å². The average Bonchev–Trinajstić information content (AvgIpc) is 3.32. The Morgan fingerprint density at radius 1 is 1.24 bits per heavy atom. The molecule has 0 bridgehead atoms. The molecule has 0 unspecified atom stereocenters. The molecule has 4 rings (SSSR count). The molecule has 7 nitrogen and oxygen atoms in total. The number of furan rings is 1. The van der Waals surface area contributed by atoms with E-state index in [1.165, 1.54) is 6.26 Å². The van der Waals surface area contributed by atoms with E-state index in [1.807, 2.05) is 17.0 Å². The van der Waals surface area contributed by atoms with Gasteiger partial charge in [0.25, 0.3) is 11.8 Å². The van der Waals surface area contributed by atoms with E-state index < -0.39 is 0 Å². The highest BCUT2D eigenvalue weighted by molar-refractivity contribution is 5.97. The zero-order valence-electron chi connectivity index (χ0n) is 13.6. The largest absolute Gasteiger partial charge is 0.459 e. The molecule has 3 heterocycles. The lowest BCUT2D eigenvalue weighted by Gasteiger charge is -2.32. The summed E-state index contributed by atoms with van der Waals surface area (Å²) in [6.45, 7) is 1.23. The SMILES string of the molecule is O=C(NC1CCN(C(=O)c2ccc3nc[nH]c3c2)CC1)c1ccco1. The van der Waals surface area contributed by atoms with Crippen molar-refractivity contribution in [2.45, 2.75) is 18.9 Å². The summed E-state index contributed by atoms with van der Waals surface area (Å²) < 4.78 is 5.10. The number of piperidine rings is 1. The lowest BCUT2D eigenvalue weighted by atomic mass is 10.0. The molecule has 7 heteroatoms. The number of aromatic nitrogens is 2. The van der Waals surface area contributed by atoms with E-state index in [0.717, 1.165) is 23.9 Å². The summed E-state index contributed by atoms with van der Waals surface area (Å²) in [5.41, 5.74) is 2.34. The highest BCUT2D eigenvalue weighted by Crippen LogP contribution is 2.17. The topological polar surface area (TPSA) is 91.2 Å². The van der Waals surface area contributed by atoms with Crippen molar-refractivity contribution in [1.82, 2.24) is 20.2 Å². The van der Waals surface area contributed by atoms with Gasteiger partial charge in [0.2, 0.25) is 0 Å². The van der Waals surface area contributed by atoms with E-state index >= 15 is 0 Å². The van der Waals surface area contributed by atoms with Gasteiger partial charge in [-0.3, -0.25) is 9.59 Å². The number of nitrogens with one attached hydrogen (secondary N) is 2. The monoisotopic (exact) mass is 338 g/mol. The van der Waals surface area contributed by atoms with Crippen molar-refractivity contribution in [3.63, 3.8) is 0 Å². The minimum atomic E-state index is -0.209. The van der Waals surface area contributed by atoms with Crippen LogP contribution >= 0.6 is 0 Å². The number of aromatic amines is 1. The predicted octanol–water partition coefficient (Wildman–Crippen LogP) is 2.19. The molecular formula is C18H18N4O3. The zero-order chi connectivity index (χ0) is 17.2. The lowest BCUT2D eigenvalue weighted by Crippen LogP contribution is -2.46. The molecule has 128 valence electrons. The molecule has 1 aliphatic heterocycles. The number of carbonyl (C=O) groups is 2. The number of imidazole rings is 1. The van der Waals surface area contributed by atoms with Gasteiger partial charge in [-0.25, -0.2) is 4.98 Å². The Bertz CT molecular complexity index is 892. The number of nitrogens with zero attached hydrogens (tertiary/aromatic N) is 2. The molecule has 25 heavy (non-hydrogen) atoms. The summed E-state index contributed by atoms with van der Waals surface area (Å²) in [6, 6.07) is 8.85. The molecule has 1 aliphatic rings. The molecule has 0 atom stereocenters. The summed E-state index contributed by atoms with van der Waals surface area (Å²) in [7, 11) is 0. The summed E-state index contributed by atoms with van der Waals surface area (Å²) in [6.07, 6.45) is 4.55. The van der Waals surface area contributed by atoms with Crippen LogP contribution in [0.15, 0.2) is 47.3 Å². The maximum Gasteiger partial charge on any atom is 0.287 e. The molecule has 1 aromatic carbocycles. The number of likely N-dealkylation sites (tertiary alicyclic amines) is 1. The summed E-state index contributed by atoms with van der Waals surface area (Å²) in [5, 5.41) is 2.96. The van der Waals surface area contributed by atoms with Gasteiger partial charge >= 0.3 is 0 Å². The predicted molar refractivity (Wildman–Crippen MR) is 91.2 cm³/mol. The first-order chi connectivity index (χ1) is 12.2. The number of rotatable bonds is 3. The van der Waals surface area contributed by atoms with E-state index in [1.54, 1.807) is 24.5 Å². The van der Waals surface area contributed by atoms with Gasteiger partial charge < -0.3 is 19.6 Å². The van der Waals surface area contributed by atoms with Crippen LogP contribution in [0.2, 0.25) is 0 Å². The van der Waals surface area contributed by atoms with Gasteiger partial charge in [0.15, 0.2) is 5.76 Å². The molecular weight excluding hydrogens is 320 g/mol. The standard InChI is InChI=1S/C18H18N4O3/c23-17(16-2-1-9-25-16)21-13-5-7-22(8-6-13)18(24)12-3-4-14-15(10-12)20-11-19-14/h1-4,9-11,13H,5-8H2,(H,19,20)(H,21,23). The normalized spacial score (nSPS) is 15.4. The lowest BCUT2D eigenvalue weighted by molar-refractivity contribution is 0.0696. The Labute approximate surface area is 144 Å². The second-order valence-corrected chi connectivity index (χ2v) is 6.15.